The van der Waals surface area contributed by atoms with E-state index in [2.05, 4.69) is 40.7 Å². The number of fused-ring (bicyclic) bond motifs is 7. The quantitative estimate of drug-likeness (QED) is 0.0466. The zero-order valence-electron chi connectivity index (χ0n) is 49.6. The highest BCUT2D eigenvalue weighted by molar-refractivity contribution is 5.80. The van der Waals surface area contributed by atoms with Crippen molar-refractivity contribution in [2.45, 2.75) is 259 Å². The van der Waals surface area contributed by atoms with Gasteiger partial charge in [-0.15, -0.1) is 0 Å². The first-order valence-corrected chi connectivity index (χ1v) is 30.4. The Morgan fingerprint density at radius 1 is 0.570 bits per heavy atom. The predicted molar refractivity (Wildman–Crippen MR) is 286 cm³/mol. The molecular weight excluding hydrogens is 1140 g/mol. The van der Waals surface area contributed by atoms with Crippen molar-refractivity contribution < 1.29 is 139 Å². The molecular formula is C58H94O28. The largest absolute Gasteiger partial charge is 0.432 e. The summed E-state index contributed by atoms with van der Waals surface area (Å²) in [4.78, 5) is 15.4. The Balaban J connectivity index is 0.866. The van der Waals surface area contributed by atoms with Crippen molar-refractivity contribution in [1.82, 2.24) is 0 Å². The van der Waals surface area contributed by atoms with E-state index in [9.17, 15) is 86.8 Å². The van der Waals surface area contributed by atoms with Crippen molar-refractivity contribution in [3.8, 4) is 0 Å². The van der Waals surface area contributed by atoms with Crippen LogP contribution in [0.4, 0.5) is 0 Å². The van der Waals surface area contributed by atoms with E-state index >= 15 is 4.79 Å². The molecule has 0 aromatic rings. The summed E-state index contributed by atoms with van der Waals surface area (Å²) in [6.07, 6.45) is -36.6. The smallest absolute Gasteiger partial charge is 0.317 e. The lowest BCUT2D eigenvalue weighted by Gasteiger charge is -2.72. The lowest BCUT2D eigenvalue weighted by Crippen LogP contribution is -2.70. The van der Waals surface area contributed by atoms with Crippen LogP contribution >= 0.6 is 0 Å². The molecule has 5 heterocycles. The van der Waals surface area contributed by atoms with Gasteiger partial charge in [0.25, 0.3) is 0 Å². The lowest BCUT2D eigenvalue weighted by molar-refractivity contribution is -0.369. The summed E-state index contributed by atoms with van der Waals surface area (Å²) in [6, 6.07) is 0. The molecule has 0 unspecified atom stereocenters. The van der Waals surface area contributed by atoms with Crippen LogP contribution in [0.15, 0.2) is 11.6 Å². The van der Waals surface area contributed by atoms with Crippen LogP contribution in [0, 0.1) is 50.2 Å². The van der Waals surface area contributed by atoms with E-state index in [4.69, 9.17) is 47.4 Å². The monoisotopic (exact) mass is 1240 g/mol. The van der Waals surface area contributed by atoms with Crippen molar-refractivity contribution in [2.24, 2.45) is 50.2 Å². The molecule has 0 spiro atoms. The number of ether oxygens (including phenoxy) is 10. The summed E-state index contributed by atoms with van der Waals surface area (Å²) >= 11 is 0. The van der Waals surface area contributed by atoms with Crippen LogP contribution in [0.25, 0.3) is 0 Å². The molecule has 28 heteroatoms. The van der Waals surface area contributed by atoms with E-state index in [1.54, 1.807) is 6.92 Å². The van der Waals surface area contributed by atoms with Gasteiger partial charge in [0.1, 0.15) is 103 Å². The minimum absolute atomic E-state index is 0.104. The minimum atomic E-state index is -1.92. The Kier molecular flexibility index (Phi) is 19.2. The summed E-state index contributed by atoms with van der Waals surface area (Å²) < 4.78 is 58.7. The molecule has 0 radical (unpaired) electrons. The first-order valence-electron chi connectivity index (χ1n) is 30.4. The normalized spacial score (nSPS) is 55.6. The van der Waals surface area contributed by atoms with E-state index in [0.717, 1.165) is 5.57 Å². The molecule has 0 aromatic carbocycles. The van der Waals surface area contributed by atoms with Crippen LogP contribution < -0.4 is 0 Å². The summed E-state index contributed by atoms with van der Waals surface area (Å²) in [6.45, 7) is 11.1. The maximum atomic E-state index is 15.4. The molecule has 17 N–H and O–H groups in total. The van der Waals surface area contributed by atoms with Crippen molar-refractivity contribution in [2.75, 3.05) is 33.0 Å². The van der Waals surface area contributed by atoms with E-state index in [1.165, 1.54) is 6.92 Å². The highest BCUT2D eigenvalue weighted by Gasteiger charge is 2.73. The molecule has 5 aliphatic heterocycles. The minimum Gasteiger partial charge on any atom is -0.432 e. The number of hydrogen-bond donors (Lipinski definition) is 17. The van der Waals surface area contributed by atoms with E-state index < -0.39 is 232 Å². The number of carbonyl (C=O) groups excluding carboxylic acids is 1. The maximum absolute atomic E-state index is 15.4. The SMILES string of the molecule is C[C@@H]1O[C@H](O[C@@H]2[C@@H](OC(=O)[C@]34CCC(C)(C)C[C@H]3C3=CC[C@H]5[C@]6(C)C[C@H](O)[C@@H](O[C@H]7O[C@@H](CO[C@H]8O[C@@H](CO)[C@H](O)[C@@H](O)[C@@H]8O)[C@H](O)[C@@H](O)[C@@H]7O)[C@](C)(CO)[C@H]6CC[C@@]5(C)[C@]3(C)C[C@@H]4O)OC[C@H](O)[C@H]2O)[C@@H](O)[C@H](O)[C@H]1O[C@H]1OC[C@H](O)[C@@H](O)[C@@H]1O. The van der Waals surface area contributed by atoms with Crippen LogP contribution in [0.2, 0.25) is 0 Å². The molecule has 10 rings (SSSR count). The van der Waals surface area contributed by atoms with Crippen molar-refractivity contribution >= 4 is 5.97 Å². The fourth-order valence-electron chi connectivity index (χ4n) is 17.5. The first-order chi connectivity index (χ1) is 40.2. The highest BCUT2D eigenvalue weighted by atomic mass is 16.8. The molecule has 0 amide bonds. The Labute approximate surface area is 498 Å². The van der Waals surface area contributed by atoms with Crippen LogP contribution in [-0.4, -0.2) is 285 Å². The number of carbonyl (C=O) groups is 1. The molecule has 5 saturated heterocycles. The topological polar surface area (TPSA) is 453 Å². The standard InChI is InChI=1S/C58H94O28/c1-22-44(83-48-40(72)33(65)26(62)18-77-48)39(71)43(75)49(80-22)84-45-34(66)27(63)19-78-51(45)86-52(76)58-13-12-53(2,3)14-24(58)23-8-9-31-54(4)15-25(61)46(55(5,21-60)30(54)10-11-56(31,6)57(23,7)16-32(58)64)85-50-42(74)38(70)36(68)29(82-50)20-79-47-41(73)37(69)35(67)28(17-59)81-47/h8,22,24-51,59-75H,9-21H2,1-7H3/t22-,24-,25-,26-,27-,28-,29-,30-,31-,32-,33+,34+,35-,36-,37+,38+,39-,40-,41-,42-,43-,44-,45-,46+,47-,48+,49+,50+,51+,54+,55+,56+,57+,58+/m0/s1. The zero-order valence-corrected chi connectivity index (χ0v) is 49.6. The third kappa shape index (κ3) is 11.0. The lowest BCUT2D eigenvalue weighted by atomic mass is 9.33. The van der Waals surface area contributed by atoms with E-state index in [0.29, 0.717) is 32.1 Å². The molecule has 5 aliphatic carbocycles. The van der Waals surface area contributed by atoms with Gasteiger partial charge in [-0.2, -0.15) is 0 Å². The third-order valence-electron chi connectivity index (χ3n) is 22.8. The van der Waals surface area contributed by atoms with E-state index in [1.807, 2.05) is 0 Å². The zero-order chi connectivity index (χ0) is 62.9. The van der Waals surface area contributed by atoms with Gasteiger partial charge in [0.15, 0.2) is 31.3 Å². The van der Waals surface area contributed by atoms with Crippen molar-refractivity contribution in [1.29, 1.82) is 0 Å². The molecule has 0 aromatic heterocycles. The second kappa shape index (κ2) is 24.6. The van der Waals surface area contributed by atoms with E-state index in [-0.39, 0.29) is 36.5 Å². The van der Waals surface area contributed by atoms with Crippen molar-refractivity contribution in [3.63, 3.8) is 0 Å². The number of aliphatic hydroxyl groups is 17. The fraction of sp³-hybridized carbons (Fsp3) is 0.948. The van der Waals surface area contributed by atoms with Gasteiger partial charge in [-0.3, -0.25) is 4.79 Å². The van der Waals surface area contributed by atoms with Gasteiger partial charge in [0.2, 0.25) is 6.29 Å². The molecule has 28 nitrogen and oxygen atoms in total. The van der Waals surface area contributed by atoms with Crippen LogP contribution in [0.5, 0.6) is 0 Å². The predicted octanol–water partition coefficient (Wildman–Crippen LogP) is -4.99. The number of aliphatic hydroxyl groups excluding tert-OH is 17. The number of esters is 1. The molecule has 86 heavy (non-hydrogen) atoms. The summed E-state index contributed by atoms with van der Waals surface area (Å²) in [5.41, 5.74) is -4.25. The van der Waals surface area contributed by atoms with Gasteiger partial charge in [0.05, 0.1) is 57.5 Å². The van der Waals surface area contributed by atoms with Gasteiger partial charge in [-0.25, -0.2) is 0 Å². The second-order valence-electron chi connectivity index (χ2n) is 28.3. The molecule has 494 valence electrons. The maximum Gasteiger partial charge on any atom is 0.317 e. The van der Waals surface area contributed by atoms with Crippen LogP contribution in [-0.2, 0) is 52.2 Å². The molecule has 34 atom stereocenters. The Bertz CT molecular complexity index is 2410. The molecule has 10 aliphatic rings. The number of hydrogen-bond acceptors (Lipinski definition) is 28. The average molecular weight is 1240 g/mol. The Morgan fingerprint density at radius 2 is 1.15 bits per heavy atom. The number of allylic oxidation sites excluding steroid dienone is 2. The van der Waals surface area contributed by atoms with Gasteiger partial charge in [0, 0.05) is 5.41 Å². The molecule has 0 bridgehead atoms. The van der Waals surface area contributed by atoms with Gasteiger partial charge < -0.3 is 134 Å². The second-order valence-corrected chi connectivity index (χ2v) is 28.3. The average Bonchev–Trinajstić information content (AvgIpc) is 0.690. The summed E-state index contributed by atoms with van der Waals surface area (Å²) in [5.74, 6) is -1.98. The van der Waals surface area contributed by atoms with Gasteiger partial charge in [-0.05, 0) is 97.7 Å². The van der Waals surface area contributed by atoms with Crippen molar-refractivity contribution in [3.05, 3.63) is 11.6 Å². The van der Waals surface area contributed by atoms with Crippen LogP contribution in [0.1, 0.15) is 99.8 Å². The Morgan fingerprint density at radius 3 is 1.81 bits per heavy atom. The third-order valence-corrected chi connectivity index (χ3v) is 22.8. The van der Waals surface area contributed by atoms with Gasteiger partial charge >= 0.3 is 5.97 Å². The Hall–Kier alpha value is -1.83. The van der Waals surface area contributed by atoms with Gasteiger partial charge in [-0.1, -0.05) is 53.2 Å². The molecule has 9 fully saturated rings. The van der Waals surface area contributed by atoms with Crippen LogP contribution in [0.3, 0.4) is 0 Å². The molecule has 4 saturated carbocycles. The summed E-state index contributed by atoms with van der Waals surface area (Å²) in [5, 5.41) is 187. The number of rotatable bonds is 13. The summed E-state index contributed by atoms with van der Waals surface area (Å²) in [7, 11) is 0. The first kappa shape index (κ1) is 67.1. The fourth-order valence-corrected chi connectivity index (χ4v) is 17.5. The highest BCUT2D eigenvalue weighted by Crippen LogP contribution is 2.76.